The summed E-state index contributed by atoms with van der Waals surface area (Å²) >= 11 is 6.24. The zero-order valence-corrected chi connectivity index (χ0v) is 20.2. The van der Waals surface area contributed by atoms with Gasteiger partial charge >= 0.3 is 0 Å². The number of carbonyl (C=O) groups excluding carboxylic acids is 1. The minimum absolute atomic E-state index is 0.0593. The van der Waals surface area contributed by atoms with Crippen LogP contribution >= 0.6 is 11.6 Å². The summed E-state index contributed by atoms with van der Waals surface area (Å²) in [6.07, 6.45) is -2.10. The van der Waals surface area contributed by atoms with Gasteiger partial charge in [0, 0.05) is 11.6 Å². The Hall–Kier alpha value is -3.10. The number of aromatic nitrogens is 3. The highest BCUT2D eigenvalue weighted by Gasteiger charge is 2.48. The van der Waals surface area contributed by atoms with Gasteiger partial charge in [0.05, 0.1) is 30.9 Å². The fourth-order valence-corrected chi connectivity index (χ4v) is 4.30. The number of carbonyl (C=O) groups is 1. The Balaban J connectivity index is 1.28. The number of aliphatic hydroxyl groups excluding tert-OH is 2. The molecule has 2 aliphatic heterocycles. The first kappa shape index (κ1) is 25.5. The first-order valence-electron chi connectivity index (χ1n) is 11.4. The molecule has 0 saturated carbocycles. The van der Waals surface area contributed by atoms with Crippen molar-refractivity contribution in [3.63, 3.8) is 0 Å². The van der Waals surface area contributed by atoms with Crippen molar-refractivity contribution in [2.75, 3.05) is 19.8 Å². The molecule has 2 saturated heterocycles. The maximum Gasteiger partial charge on any atom is 0.296 e. The number of hydrogen-bond donors (Lipinski definition) is 4. The topological polar surface area (TPSA) is 148 Å². The highest BCUT2D eigenvalue weighted by Crippen LogP contribution is 2.31. The third kappa shape index (κ3) is 5.18. The van der Waals surface area contributed by atoms with Crippen LogP contribution in [0.1, 0.15) is 22.8 Å². The summed E-state index contributed by atoms with van der Waals surface area (Å²) in [6, 6.07) is 2.77. The smallest absolute Gasteiger partial charge is 0.296 e. The molecular formula is C23H23ClF2N4O7. The molecule has 1 amide bonds. The van der Waals surface area contributed by atoms with Crippen molar-refractivity contribution in [3.8, 4) is 11.9 Å². The average molecular weight is 541 g/mol. The normalized spacial score (nSPS) is 23.7. The Morgan fingerprint density at radius 2 is 1.97 bits per heavy atom. The Kier molecular flexibility index (Phi) is 7.14. The molecule has 2 aliphatic rings. The second kappa shape index (κ2) is 10.3. The van der Waals surface area contributed by atoms with E-state index in [0.29, 0.717) is 5.52 Å². The Morgan fingerprint density at radius 3 is 2.70 bits per heavy atom. The van der Waals surface area contributed by atoms with Crippen LogP contribution in [0.5, 0.6) is 11.9 Å². The Morgan fingerprint density at radius 1 is 1.24 bits per heavy atom. The Labute approximate surface area is 213 Å². The number of nitrogens with zero attached hydrogens (tertiary/aromatic N) is 2. The molecule has 3 aromatic rings. The van der Waals surface area contributed by atoms with Crippen molar-refractivity contribution < 1.29 is 42.7 Å². The molecule has 0 bridgehead atoms. The number of nitrogens with one attached hydrogen (secondary N) is 2. The summed E-state index contributed by atoms with van der Waals surface area (Å²) in [5.74, 6) is -2.83. The molecule has 2 aromatic heterocycles. The number of halogens is 3. The first-order chi connectivity index (χ1) is 17.7. The maximum absolute atomic E-state index is 14.6. The SMILES string of the molecule is C[C@H](CO)NC(=O)c1cc(F)c(COc2nc3nc(O[C@@H]4COC5C4OC[C@H]5O)[nH]c3cc2Cl)c(F)c1. The second-order valence-electron chi connectivity index (χ2n) is 8.77. The number of fused-ring (bicyclic) bond motifs is 2. The number of rotatable bonds is 8. The van der Waals surface area contributed by atoms with Gasteiger partial charge in [-0.3, -0.25) is 4.79 Å². The van der Waals surface area contributed by atoms with Crippen molar-refractivity contribution in [1.29, 1.82) is 0 Å². The number of hydrogen-bond acceptors (Lipinski definition) is 9. The second-order valence-corrected chi connectivity index (χ2v) is 9.18. The van der Waals surface area contributed by atoms with Crippen molar-refractivity contribution in [3.05, 3.63) is 46.0 Å². The zero-order valence-electron chi connectivity index (χ0n) is 19.4. The molecule has 0 radical (unpaired) electrons. The standard InChI is InChI=1S/C23H23ClF2N4O7/c1-9(5-31)27-21(33)10-2-13(25)11(14(26)3-10)6-36-22-12(24)4-15-20(29-22)30-23(28-15)37-17-8-35-18-16(32)7-34-19(17)18/h2-4,9,16-19,31-32H,5-8H2,1H3,(H,27,33)(H,28,29,30)/t9-,16-,17-,18?,19?/m1/s1. The van der Waals surface area contributed by atoms with E-state index in [1.807, 2.05) is 0 Å². The molecule has 5 rings (SSSR count). The predicted octanol–water partition coefficient (Wildman–Crippen LogP) is 1.49. The quantitative estimate of drug-likeness (QED) is 0.333. The summed E-state index contributed by atoms with van der Waals surface area (Å²) in [4.78, 5) is 23.5. The highest BCUT2D eigenvalue weighted by molar-refractivity contribution is 6.32. The molecule has 37 heavy (non-hydrogen) atoms. The van der Waals surface area contributed by atoms with Crippen LogP contribution in [0.2, 0.25) is 5.02 Å². The molecule has 4 N–H and O–H groups in total. The van der Waals surface area contributed by atoms with Gasteiger partial charge in [0.25, 0.3) is 11.9 Å². The average Bonchev–Trinajstić information content (AvgIpc) is 3.55. The fourth-order valence-electron chi connectivity index (χ4n) is 4.09. The highest BCUT2D eigenvalue weighted by atomic mass is 35.5. The van der Waals surface area contributed by atoms with E-state index in [9.17, 15) is 18.7 Å². The Bertz CT molecular complexity index is 1300. The van der Waals surface area contributed by atoms with Crippen LogP contribution in [0.3, 0.4) is 0 Å². The number of pyridine rings is 1. The van der Waals surface area contributed by atoms with Crippen molar-refractivity contribution in [2.24, 2.45) is 0 Å². The molecular weight excluding hydrogens is 518 g/mol. The summed E-state index contributed by atoms with van der Waals surface area (Å²) in [5.41, 5.74) is -0.0503. The van der Waals surface area contributed by atoms with Gasteiger partial charge in [-0.1, -0.05) is 11.6 Å². The van der Waals surface area contributed by atoms with E-state index < -0.39 is 60.2 Å². The lowest BCUT2D eigenvalue weighted by atomic mass is 10.1. The van der Waals surface area contributed by atoms with Gasteiger partial charge in [0.2, 0.25) is 5.88 Å². The zero-order chi connectivity index (χ0) is 26.3. The molecule has 0 spiro atoms. The molecule has 11 nitrogen and oxygen atoms in total. The van der Waals surface area contributed by atoms with Crippen LogP contribution in [-0.2, 0) is 16.1 Å². The van der Waals surface area contributed by atoms with Crippen LogP contribution in [0.25, 0.3) is 11.2 Å². The molecule has 2 unspecified atom stereocenters. The molecule has 0 aliphatic carbocycles. The number of imidazole rings is 1. The lowest BCUT2D eigenvalue weighted by Crippen LogP contribution is -2.35. The van der Waals surface area contributed by atoms with Crippen LogP contribution in [0.4, 0.5) is 8.78 Å². The number of amides is 1. The number of aromatic amines is 1. The molecule has 2 fully saturated rings. The lowest BCUT2D eigenvalue weighted by Gasteiger charge is -2.15. The lowest BCUT2D eigenvalue weighted by molar-refractivity contribution is 0.00706. The third-order valence-corrected chi connectivity index (χ3v) is 6.30. The fraction of sp³-hybridized carbons (Fsp3) is 0.435. The van der Waals surface area contributed by atoms with Crippen molar-refractivity contribution in [2.45, 2.75) is 44.0 Å². The molecule has 5 atom stereocenters. The third-order valence-electron chi connectivity index (χ3n) is 6.03. The maximum atomic E-state index is 14.6. The van der Waals surface area contributed by atoms with Crippen LogP contribution in [0, 0.1) is 11.6 Å². The van der Waals surface area contributed by atoms with E-state index in [1.165, 1.54) is 6.07 Å². The van der Waals surface area contributed by atoms with Crippen LogP contribution in [-0.4, -0.2) is 81.4 Å². The summed E-state index contributed by atoms with van der Waals surface area (Å²) < 4.78 is 51.5. The van der Waals surface area contributed by atoms with Crippen LogP contribution in [0.15, 0.2) is 18.2 Å². The largest absolute Gasteiger partial charge is 0.471 e. The van der Waals surface area contributed by atoms with Gasteiger partial charge in [-0.05, 0) is 25.1 Å². The molecule has 14 heteroatoms. The molecule has 1 aromatic carbocycles. The summed E-state index contributed by atoms with van der Waals surface area (Å²) in [5, 5.41) is 21.4. The predicted molar refractivity (Wildman–Crippen MR) is 124 cm³/mol. The van der Waals surface area contributed by atoms with E-state index in [4.69, 9.17) is 35.7 Å². The van der Waals surface area contributed by atoms with Gasteiger partial charge < -0.3 is 39.5 Å². The van der Waals surface area contributed by atoms with E-state index in [2.05, 4.69) is 20.3 Å². The van der Waals surface area contributed by atoms with E-state index in [0.717, 1.165) is 12.1 Å². The van der Waals surface area contributed by atoms with Gasteiger partial charge in [-0.25, -0.2) is 8.78 Å². The first-order valence-corrected chi connectivity index (χ1v) is 11.8. The van der Waals surface area contributed by atoms with E-state index in [-0.39, 0.29) is 47.9 Å². The van der Waals surface area contributed by atoms with Crippen LogP contribution < -0.4 is 14.8 Å². The van der Waals surface area contributed by atoms with Crippen molar-refractivity contribution in [1.82, 2.24) is 20.3 Å². The van der Waals surface area contributed by atoms with E-state index >= 15 is 0 Å². The van der Waals surface area contributed by atoms with Gasteiger partial charge in [-0.2, -0.15) is 9.97 Å². The van der Waals surface area contributed by atoms with Crippen molar-refractivity contribution >= 4 is 28.7 Å². The molecule has 4 heterocycles. The minimum Gasteiger partial charge on any atom is -0.471 e. The number of ether oxygens (including phenoxy) is 4. The molecule has 198 valence electrons. The number of aliphatic hydroxyl groups is 2. The monoisotopic (exact) mass is 540 g/mol. The van der Waals surface area contributed by atoms with Gasteiger partial charge in [-0.15, -0.1) is 0 Å². The minimum atomic E-state index is -0.995. The van der Waals surface area contributed by atoms with Gasteiger partial charge in [0.15, 0.2) is 11.8 Å². The number of H-pyrrole nitrogens is 1. The van der Waals surface area contributed by atoms with Gasteiger partial charge in [0.1, 0.15) is 41.6 Å². The van der Waals surface area contributed by atoms with E-state index in [1.54, 1.807) is 6.92 Å². The number of benzene rings is 1. The summed E-state index contributed by atoms with van der Waals surface area (Å²) in [7, 11) is 0. The summed E-state index contributed by atoms with van der Waals surface area (Å²) in [6.45, 7) is 1.04.